The average Bonchev–Trinajstić information content (AvgIpc) is 3.08. The summed E-state index contributed by atoms with van der Waals surface area (Å²) in [6.07, 6.45) is 4.96. The van der Waals surface area contributed by atoms with E-state index in [9.17, 15) is 4.79 Å². The summed E-state index contributed by atoms with van der Waals surface area (Å²) >= 11 is 0. The third kappa shape index (κ3) is 4.82. The van der Waals surface area contributed by atoms with Crippen molar-refractivity contribution in [2.45, 2.75) is 51.0 Å². The minimum absolute atomic E-state index is 0.138. The molecule has 1 atom stereocenters. The molecule has 1 saturated carbocycles. The molecule has 1 N–H and O–H groups in total. The van der Waals surface area contributed by atoms with E-state index in [2.05, 4.69) is 11.4 Å². The number of benzene rings is 1. The van der Waals surface area contributed by atoms with Gasteiger partial charge in [-0.15, -0.1) is 0 Å². The lowest BCUT2D eigenvalue weighted by Gasteiger charge is -2.27. The van der Waals surface area contributed by atoms with Crippen LogP contribution < -0.4 is 5.32 Å². The van der Waals surface area contributed by atoms with Crippen LogP contribution in [0, 0.1) is 5.92 Å². The van der Waals surface area contributed by atoms with E-state index < -0.39 is 0 Å². The van der Waals surface area contributed by atoms with Crippen LogP contribution >= 0.6 is 0 Å². The van der Waals surface area contributed by atoms with Crippen molar-refractivity contribution < 1.29 is 4.79 Å². The Bertz CT molecular complexity index is 762. The number of likely N-dealkylation sites (N-methyl/N-ethyl adjacent to an activating group) is 1. The minimum Gasteiger partial charge on any atom is -0.339 e. The molecule has 5 heteroatoms. The first-order valence-corrected chi connectivity index (χ1v) is 10.5. The molecule has 0 bridgehead atoms. The van der Waals surface area contributed by atoms with Gasteiger partial charge >= 0.3 is 0 Å². The summed E-state index contributed by atoms with van der Waals surface area (Å²) in [6.45, 7) is 3.69. The van der Waals surface area contributed by atoms with Gasteiger partial charge in [-0.05, 0) is 63.7 Å². The second kappa shape index (κ2) is 9.37. The summed E-state index contributed by atoms with van der Waals surface area (Å²) in [4.78, 5) is 14.7. The summed E-state index contributed by atoms with van der Waals surface area (Å²) in [5.41, 5.74) is 3.35. The number of rotatable bonds is 7. The molecule has 1 aliphatic rings. The zero-order valence-corrected chi connectivity index (χ0v) is 17.7. The van der Waals surface area contributed by atoms with E-state index in [0.29, 0.717) is 12.5 Å². The molecule has 5 nitrogen and oxygen atoms in total. The molecule has 152 valence electrons. The number of hydrogen-bond donors (Lipinski definition) is 1. The normalized spacial score (nSPS) is 20.7. The highest BCUT2D eigenvalue weighted by molar-refractivity contribution is 5.83. The number of amides is 1. The molecule has 0 radical (unpaired) electrons. The highest BCUT2D eigenvalue weighted by atomic mass is 16.2. The first kappa shape index (κ1) is 20.6. The number of nitrogens with zero attached hydrogens (tertiary/aromatic N) is 3. The molecule has 0 unspecified atom stereocenters. The molecule has 1 aromatic carbocycles. The van der Waals surface area contributed by atoms with Crippen LogP contribution in [0.2, 0.25) is 0 Å². The van der Waals surface area contributed by atoms with Gasteiger partial charge in [-0.1, -0.05) is 30.3 Å². The van der Waals surface area contributed by atoms with Gasteiger partial charge in [-0.3, -0.25) is 9.48 Å². The topological polar surface area (TPSA) is 50.2 Å². The Morgan fingerprint density at radius 3 is 2.57 bits per heavy atom. The van der Waals surface area contributed by atoms with E-state index in [1.807, 2.05) is 68.0 Å². The minimum atomic E-state index is -0.138. The van der Waals surface area contributed by atoms with Crippen LogP contribution in [0.4, 0.5) is 0 Å². The van der Waals surface area contributed by atoms with Crippen LogP contribution in [0.15, 0.2) is 36.4 Å². The van der Waals surface area contributed by atoms with Crippen LogP contribution in [0.5, 0.6) is 0 Å². The second-order valence-corrected chi connectivity index (χ2v) is 8.29. The first-order valence-electron chi connectivity index (χ1n) is 10.5. The molecule has 3 rings (SSSR count). The van der Waals surface area contributed by atoms with Gasteiger partial charge in [-0.25, -0.2) is 0 Å². The van der Waals surface area contributed by atoms with Crippen LogP contribution in [0.1, 0.15) is 61.4 Å². The Labute approximate surface area is 169 Å². The Morgan fingerprint density at radius 1 is 1.25 bits per heavy atom. The predicted octanol–water partition coefficient (Wildman–Crippen LogP) is 3.68. The van der Waals surface area contributed by atoms with Gasteiger partial charge in [0.2, 0.25) is 5.91 Å². The third-order valence-electron chi connectivity index (χ3n) is 6.20. The maximum atomic E-state index is 12.9. The van der Waals surface area contributed by atoms with Gasteiger partial charge in [0.05, 0.1) is 23.9 Å². The molecule has 0 saturated heterocycles. The standard InChI is InChI=1S/C23H34N4O/c1-17(19-8-6-5-7-9-19)23(28)26(3)16-21-14-22(25-27(21)4)20-12-10-18(11-13-20)15-24-2/h5-9,14,17-18,20,24H,10-13,15-16H2,1-4H3/t17-,18?,20?/m0/s1. The van der Waals surface area contributed by atoms with E-state index >= 15 is 0 Å². The average molecular weight is 383 g/mol. The van der Waals surface area contributed by atoms with E-state index in [-0.39, 0.29) is 11.8 Å². The van der Waals surface area contributed by atoms with Crippen molar-refractivity contribution in [1.82, 2.24) is 20.0 Å². The molecule has 1 amide bonds. The number of nitrogens with one attached hydrogen (secondary N) is 1. The molecule has 1 aromatic heterocycles. The monoisotopic (exact) mass is 382 g/mol. The lowest BCUT2D eigenvalue weighted by atomic mass is 9.80. The molecule has 28 heavy (non-hydrogen) atoms. The zero-order chi connectivity index (χ0) is 20.1. The summed E-state index contributed by atoms with van der Waals surface area (Å²) in [6, 6.07) is 12.2. The van der Waals surface area contributed by atoms with Crippen molar-refractivity contribution in [2.24, 2.45) is 13.0 Å². The zero-order valence-electron chi connectivity index (χ0n) is 17.7. The number of hydrogen-bond acceptors (Lipinski definition) is 3. The highest BCUT2D eigenvalue weighted by Crippen LogP contribution is 2.35. The summed E-state index contributed by atoms with van der Waals surface area (Å²) in [7, 11) is 5.91. The molecule has 1 fully saturated rings. The fourth-order valence-corrected chi connectivity index (χ4v) is 4.36. The van der Waals surface area contributed by atoms with E-state index in [1.54, 1.807) is 0 Å². The smallest absolute Gasteiger partial charge is 0.229 e. The number of carbonyl (C=O) groups is 1. The maximum Gasteiger partial charge on any atom is 0.229 e. The largest absolute Gasteiger partial charge is 0.339 e. The van der Waals surface area contributed by atoms with E-state index in [4.69, 9.17) is 5.10 Å². The second-order valence-electron chi connectivity index (χ2n) is 8.29. The first-order chi connectivity index (χ1) is 13.5. The van der Waals surface area contributed by atoms with Gasteiger partial charge in [0.15, 0.2) is 0 Å². The summed E-state index contributed by atoms with van der Waals surface area (Å²) < 4.78 is 1.95. The number of aromatic nitrogens is 2. The molecule has 1 heterocycles. The third-order valence-corrected chi connectivity index (χ3v) is 6.20. The fraction of sp³-hybridized carbons (Fsp3) is 0.565. The van der Waals surface area contributed by atoms with Crippen molar-refractivity contribution in [1.29, 1.82) is 0 Å². The maximum absolute atomic E-state index is 12.9. The van der Waals surface area contributed by atoms with Crippen molar-refractivity contribution in [3.63, 3.8) is 0 Å². The predicted molar refractivity (Wildman–Crippen MR) is 113 cm³/mol. The summed E-state index contributed by atoms with van der Waals surface area (Å²) in [5.74, 6) is 1.35. The van der Waals surface area contributed by atoms with Gasteiger partial charge in [-0.2, -0.15) is 5.10 Å². The van der Waals surface area contributed by atoms with Crippen LogP contribution in [0.25, 0.3) is 0 Å². The lowest BCUT2D eigenvalue weighted by Crippen LogP contribution is -2.30. The fourth-order valence-electron chi connectivity index (χ4n) is 4.36. The van der Waals surface area contributed by atoms with Crippen molar-refractivity contribution in [3.8, 4) is 0 Å². The van der Waals surface area contributed by atoms with Crippen molar-refractivity contribution in [2.75, 3.05) is 20.6 Å². The van der Waals surface area contributed by atoms with Crippen LogP contribution in [0.3, 0.4) is 0 Å². The molecule has 0 aliphatic heterocycles. The van der Waals surface area contributed by atoms with Crippen molar-refractivity contribution >= 4 is 5.91 Å². The summed E-state index contributed by atoms with van der Waals surface area (Å²) in [5, 5.41) is 8.08. The molecule has 0 spiro atoms. The highest BCUT2D eigenvalue weighted by Gasteiger charge is 2.25. The molecular weight excluding hydrogens is 348 g/mol. The van der Waals surface area contributed by atoms with Gasteiger partial charge in [0, 0.05) is 20.0 Å². The number of aryl methyl sites for hydroxylation is 1. The SMILES string of the molecule is CNCC1CCC(c2cc(CN(C)C(=O)[C@@H](C)c3ccccc3)n(C)n2)CC1. The van der Waals surface area contributed by atoms with Gasteiger partial charge in [0.25, 0.3) is 0 Å². The van der Waals surface area contributed by atoms with Crippen molar-refractivity contribution in [3.05, 3.63) is 53.3 Å². The quantitative estimate of drug-likeness (QED) is 0.795. The van der Waals surface area contributed by atoms with Gasteiger partial charge < -0.3 is 10.2 Å². The Kier molecular flexibility index (Phi) is 6.89. The van der Waals surface area contributed by atoms with Gasteiger partial charge in [0.1, 0.15) is 0 Å². The van der Waals surface area contributed by atoms with E-state index in [1.165, 1.54) is 31.4 Å². The van der Waals surface area contributed by atoms with Crippen LogP contribution in [-0.4, -0.2) is 41.2 Å². The number of carbonyl (C=O) groups excluding carboxylic acids is 1. The molecular formula is C23H34N4O. The molecule has 1 aliphatic carbocycles. The Morgan fingerprint density at radius 2 is 1.93 bits per heavy atom. The Hall–Kier alpha value is -2.14. The Balaban J connectivity index is 1.61. The van der Waals surface area contributed by atoms with Crippen LogP contribution in [-0.2, 0) is 18.4 Å². The molecule has 2 aromatic rings. The van der Waals surface area contributed by atoms with E-state index in [0.717, 1.165) is 23.7 Å². The lowest BCUT2D eigenvalue weighted by molar-refractivity contribution is -0.131.